The number of ether oxygens (including phenoxy) is 2. The summed E-state index contributed by atoms with van der Waals surface area (Å²) in [5.41, 5.74) is 1.94. The molecule has 142 valence electrons. The lowest BCUT2D eigenvalue weighted by atomic mass is 10.1. The number of methoxy groups -OCH3 is 2. The van der Waals surface area contributed by atoms with Crippen LogP contribution in [-0.4, -0.2) is 40.8 Å². The Bertz CT molecular complexity index is 1020. The zero-order valence-electron chi connectivity index (χ0n) is 15.6. The predicted octanol–water partition coefficient (Wildman–Crippen LogP) is 1.11. The maximum atomic E-state index is 12.3. The van der Waals surface area contributed by atoms with E-state index in [2.05, 4.69) is 10.3 Å². The van der Waals surface area contributed by atoms with Gasteiger partial charge in [0.05, 0.1) is 19.7 Å². The number of hydrogen-bond acceptors (Lipinski definition) is 5. The SMILES string of the molecule is COc1ccc(CCNC(=O)Cn2c(=O)n(C)c3ncccc32)cc1OC. The Morgan fingerprint density at radius 3 is 2.70 bits per heavy atom. The molecule has 27 heavy (non-hydrogen) atoms. The average Bonchev–Trinajstić information content (AvgIpc) is 2.93. The van der Waals surface area contributed by atoms with E-state index in [4.69, 9.17) is 9.47 Å². The van der Waals surface area contributed by atoms with E-state index in [1.54, 1.807) is 39.6 Å². The fraction of sp³-hybridized carbons (Fsp3) is 0.316. The van der Waals surface area contributed by atoms with Gasteiger partial charge in [0, 0.05) is 19.8 Å². The Hall–Kier alpha value is -3.29. The molecule has 2 heterocycles. The largest absolute Gasteiger partial charge is 0.493 e. The van der Waals surface area contributed by atoms with E-state index in [-0.39, 0.29) is 18.1 Å². The number of amides is 1. The van der Waals surface area contributed by atoms with Crippen LogP contribution in [0.2, 0.25) is 0 Å². The second-order valence-electron chi connectivity index (χ2n) is 6.06. The third-order valence-electron chi connectivity index (χ3n) is 4.38. The topological polar surface area (TPSA) is 87.4 Å². The van der Waals surface area contributed by atoms with E-state index in [0.29, 0.717) is 35.6 Å². The monoisotopic (exact) mass is 370 g/mol. The molecule has 3 aromatic rings. The van der Waals surface area contributed by atoms with Crippen molar-refractivity contribution in [3.63, 3.8) is 0 Å². The van der Waals surface area contributed by atoms with Crippen LogP contribution in [0, 0.1) is 0 Å². The molecule has 1 amide bonds. The van der Waals surface area contributed by atoms with Gasteiger partial charge in [-0.25, -0.2) is 9.78 Å². The molecule has 0 unspecified atom stereocenters. The van der Waals surface area contributed by atoms with Crippen LogP contribution in [0.4, 0.5) is 0 Å². The quantitative estimate of drug-likeness (QED) is 0.673. The Morgan fingerprint density at radius 2 is 1.96 bits per heavy atom. The Morgan fingerprint density at radius 1 is 1.19 bits per heavy atom. The number of fused-ring (bicyclic) bond motifs is 1. The number of nitrogens with zero attached hydrogens (tertiary/aromatic N) is 3. The van der Waals surface area contributed by atoms with Gasteiger partial charge >= 0.3 is 5.69 Å². The molecular weight excluding hydrogens is 348 g/mol. The van der Waals surface area contributed by atoms with E-state index >= 15 is 0 Å². The zero-order valence-corrected chi connectivity index (χ0v) is 15.6. The molecule has 0 aliphatic heterocycles. The van der Waals surface area contributed by atoms with Crippen LogP contribution in [0.3, 0.4) is 0 Å². The Labute approximate surface area is 156 Å². The van der Waals surface area contributed by atoms with Gasteiger partial charge in [-0.2, -0.15) is 0 Å². The van der Waals surface area contributed by atoms with E-state index in [0.717, 1.165) is 5.56 Å². The molecule has 0 spiro atoms. The number of imidazole rings is 1. The minimum atomic E-state index is -0.265. The number of hydrogen-bond donors (Lipinski definition) is 1. The summed E-state index contributed by atoms with van der Waals surface area (Å²) >= 11 is 0. The number of benzene rings is 1. The molecule has 0 aliphatic carbocycles. The van der Waals surface area contributed by atoms with Crippen molar-refractivity contribution in [2.75, 3.05) is 20.8 Å². The highest BCUT2D eigenvalue weighted by Crippen LogP contribution is 2.27. The van der Waals surface area contributed by atoms with Crippen LogP contribution < -0.4 is 20.5 Å². The van der Waals surface area contributed by atoms with Gasteiger partial charge in [-0.1, -0.05) is 6.07 Å². The summed E-state index contributed by atoms with van der Waals surface area (Å²) in [5, 5.41) is 2.85. The zero-order chi connectivity index (χ0) is 19.4. The summed E-state index contributed by atoms with van der Waals surface area (Å²) in [5.74, 6) is 1.08. The van der Waals surface area contributed by atoms with Gasteiger partial charge in [0.15, 0.2) is 17.1 Å². The molecule has 0 bridgehead atoms. The lowest BCUT2D eigenvalue weighted by Gasteiger charge is -2.10. The second kappa shape index (κ2) is 7.94. The van der Waals surface area contributed by atoms with Crippen molar-refractivity contribution in [2.24, 2.45) is 7.05 Å². The fourth-order valence-electron chi connectivity index (χ4n) is 2.97. The molecule has 3 rings (SSSR count). The summed E-state index contributed by atoms with van der Waals surface area (Å²) in [6, 6.07) is 9.16. The highest BCUT2D eigenvalue weighted by molar-refractivity contribution is 5.79. The van der Waals surface area contributed by atoms with E-state index in [1.165, 1.54) is 9.13 Å². The van der Waals surface area contributed by atoms with Crippen molar-refractivity contribution >= 4 is 17.1 Å². The van der Waals surface area contributed by atoms with Gasteiger partial charge in [-0.15, -0.1) is 0 Å². The summed E-state index contributed by atoms with van der Waals surface area (Å²) in [4.78, 5) is 28.8. The predicted molar refractivity (Wildman–Crippen MR) is 101 cm³/mol. The first-order valence-corrected chi connectivity index (χ1v) is 8.53. The third-order valence-corrected chi connectivity index (χ3v) is 4.38. The molecule has 1 N–H and O–H groups in total. The van der Waals surface area contributed by atoms with Crippen LogP contribution >= 0.6 is 0 Å². The van der Waals surface area contributed by atoms with Gasteiger partial charge in [0.25, 0.3) is 0 Å². The minimum absolute atomic E-state index is 0.0478. The number of aryl methyl sites for hydroxylation is 1. The van der Waals surface area contributed by atoms with Gasteiger partial charge in [-0.3, -0.25) is 13.9 Å². The molecule has 0 saturated heterocycles. The second-order valence-corrected chi connectivity index (χ2v) is 6.06. The number of carbonyl (C=O) groups is 1. The Balaban J connectivity index is 1.63. The Kier molecular flexibility index (Phi) is 5.44. The first-order chi connectivity index (χ1) is 13.0. The van der Waals surface area contributed by atoms with E-state index in [9.17, 15) is 9.59 Å². The fourth-order valence-corrected chi connectivity index (χ4v) is 2.97. The van der Waals surface area contributed by atoms with E-state index in [1.807, 2.05) is 18.2 Å². The summed E-state index contributed by atoms with van der Waals surface area (Å²) in [6.07, 6.45) is 2.26. The third kappa shape index (κ3) is 3.79. The van der Waals surface area contributed by atoms with Gasteiger partial charge in [0.2, 0.25) is 5.91 Å². The van der Waals surface area contributed by atoms with Crippen LogP contribution in [0.1, 0.15) is 5.56 Å². The van der Waals surface area contributed by atoms with Crippen molar-refractivity contribution in [2.45, 2.75) is 13.0 Å². The smallest absolute Gasteiger partial charge is 0.330 e. The summed E-state index contributed by atoms with van der Waals surface area (Å²) < 4.78 is 13.4. The molecule has 0 radical (unpaired) electrons. The standard InChI is InChI=1S/C19H22N4O4/c1-22-18-14(5-4-9-21-18)23(19(22)25)12-17(24)20-10-8-13-6-7-15(26-2)16(11-13)27-3/h4-7,9,11H,8,10,12H2,1-3H3,(H,20,24). The van der Waals surface area contributed by atoms with Crippen LogP contribution in [-0.2, 0) is 24.8 Å². The number of pyridine rings is 1. The molecule has 0 atom stereocenters. The van der Waals surface area contributed by atoms with Gasteiger partial charge in [-0.05, 0) is 36.2 Å². The van der Waals surface area contributed by atoms with Crippen LogP contribution in [0.15, 0.2) is 41.3 Å². The lowest BCUT2D eigenvalue weighted by molar-refractivity contribution is -0.121. The lowest BCUT2D eigenvalue weighted by Crippen LogP contribution is -2.33. The number of nitrogens with one attached hydrogen (secondary N) is 1. The van der Waals surface area contributed by atoms with Crippen molar-refractivity contribution in [3.8, 4) is 11.5 Å². The highest BCUT2D eigenvalue weighted by Gasteiger charge is 2.14. The number of rotatable bonds is 7. The first-order valence-electron chi connectivity index (χ1n) is 8.53. The molecule has 0 fully saturated rings. The van der Waals surface area contributed by atoms with Gasteiger partial charge in [0.1, 0.15) is 6.54 Å². The molecule has 0 saturated carbocycles. The highest BCUT2D eigenvalue weighted by atomic mass is 16.5. The van der Waals surface area contributed by atoms with Crippen molar-refractivity contribution < 1.29 is 14.3 Å². The number of carbonyl (C=O) groups excluding carboxylic acids is 1. The molecule has 1 aromatic carbocycles. The number of aromatic nitrogens is 3. The van der Waals surface area contributed by atoms with Gasteiger partial charge < -0.3 is 14.8 Å². The van der Waals surface area contributed by atoms with Crippen molar-refractivity contribution in [1.29, 1.82) is 0 Å². The molecule has 2 aromatic heterocycles. The molecule has 8 nitrogen and oxygen atoms in total. The molecule has 8 heteroatoms. The maximum absolute atomic E-state index is 12.3. The van der Waals surface area contributed by atoms with Crippen molar-refractivity contribution in [1.82, 2.24) is 19.4 Å². The maximum Gasteiger partial charge on any atom is 0.330 e. The van der Waals surface area contributed by atoms with Crippen LogP contribution in [0.5, 0.6) is 11.5 Å². The molecular formula is C19H22N4O4. The van der Waals surface area contributed by atoms with E-state index < -0.39 is 0 Å². The summed E-state index contributed by atoms with van der Waals surface area (Å²) in [7, 11) is 4.81. The average molecular weight is 370 g/mol. The van der Waals surface area contributed by atoms with Crippen LogP contribution in [0.25, 0.3) is 11.2 Å². The first kappa shape index (κ1) is 18.5. The molecule has 0 aliphatic rings. The normalized spacial score (nSPS) is 10.8. The minimum Gasteiger partial charge on any atom is -0.493 e. The van der Waals surface area contributed by atoms with Crippen molar-refractivity contribution in [3.05, 3.63) is 52.6 Å². The summed E-state index contributed by atoms with van der Waals surface area (Å²) in [6.45, 7) is 0.403.